The minimum atomic E-state index is -0.283. The van der Waals surface area contributed by atoms with E-state index < -0.39 is 0 Å². The van der Waals surface area contributed by atoms with Crippen molar-refractivity contribution in [1.82, 2.24) is 4.90 Å². The van der Waals surface area contributed by atoms with E-state index in [0.29, 0.717) is 13.0 Å². The van der Waals surface area contributed by atoms with Crippen LogP contribution in [0.5, 0.6) is 0 Å². The fourth-order valence-electron chi connectivity index (χ4n) is 1.56. The van der Waals surface area contributed by atoms with Crippen LogP contribution >= 0.6 is 0 Å². The summed E-state index contributed by atoms with van der Waals surface area (Å²) < 4.78 is 9.52. The van der Waals surface area contributed by atoms with Crippen molar-refractivity contribution >= 4 is 11.9 Å². The second-order valence-electron chi connectivity index (χ2n) is 3.90. The Labute approximate surface area is 103 Å². The van der Waals surface area contributed by atoms with Gasteiger partial charge in [0.1, 0.15) is 0 Å². The van der Waals surface area contributed by atoms with Crippen LogP contribution in [0.1, 0.15) is 33.6 Å². The molecule has 17 heavy (non-hydrogen) atoms. The molecule has 1 unspecified atom stereocenters. The summed E-state index contributed by atoms with van der Waals surface area (Å²) in [6.45, 7) is 7.08. The molecule has 0 fully saturated rings. The van der Waals surface area contributed by atoms with E-state index in [9.17, 15) is 9.59 Å². The van der Waals surface area contributed by atoms with E-state index in [4.69, 9.17) is 4.74 Å². The summed E-state index contributed by atoms with van der Waals surface area (Å²) >= 11 is 0. The second-order valence-corrected chi connectivity index (χ2v) is 3.90. The molecule has 0 aromatic carbocycles. The fourth-order valence-corrected chi connectivity index (χ4v) is 1.56. The second kappa shape index (κ2) is 8.98. The van der Waals surface area contributed by atoms with E-state index in [1.54, 1.807) is 6.92 Å². The lowest BCUT2D eigenvalue weighted by Crippen LogP contribution is -2.39. The Kier molecular flexibility index (Phi) is 8.40. The fraction of sp³-hybridized carbons (Fsp3) is 0.833. The first-order chi connectivity index (χ1) is 8.04. The Hall–Kier alpha value is -1.10. The summed E-state index contributed by atoms with van der Waals surface area (Å²) in [5, 5.41) is 0. The van der Waals surface area contributed by atoms with Gasteiger partial charge >= 0.3 is 11.9 Å². The summed E-state index contributed by atoms with van der Waals surface area (Å²) in [7, 11) is 1.36. The van der Waals surface area contributed by atoms with Crippen LogP contribution in [-0.4, -0.2) is 49.7 Å². The SMILES string of the molecule is CCCN(CC(=O)OC)C(C)CC(=O)OCC. The molecule has 0 bridgehead atoms. The molecule has 0 saturated carbocycles. The van der Waals surface area contributed by atoms with Crippen molar-refractivity contribution in [2.75, 3.05) is 26.8 Å². The lowest BCUT2D eigenvalue weighted by atomic mass is 10.2. The van der Waals surface area contributed by atoms with Crippen molar-refractivity contribution in [2.24, 2.45) is 0 Å². The number of carbonyl (C=O) groups excluding carboxylic acids is 2. The number of carbonyl (C=O) groups is 2. The first kappa shape index (κ1) is 15.9. The standard InChI is InChI=1S/C12H23NO4/c1-5-7-13(9-12(15)16-4)10(3)8-11(14)17-6-2/h10H,5-9H2,1-4H3. The average molecular weight is 245 g/mol. The zero-order valence-electron chi connectivity index (χ0n) is 11.2. The highest BCUT2D eigenvalue weighted by Crippen LogP contribution is 2.06. The molecule has 0 N–H and O–H groups in total. The predicted octanol–water partition coefficient (Wildman–Crippen LogP) is 1.21. The quantitative estimate of drug-likeness (QED) is 0.602. The van der Waals surface area contributed by atoms with Gasteiger partial charge in [-0.2, -0.15) is 0 Å². The summed E-state index contributed by atoms with van der Waals surface area (Å²) in [5.74, 6) is -0.514. The van der Waals surface area contributed by atoms with Gasteiger partial charge < -0.3 is 9.47 Å². The molecular formula is C12H23NO4. The first-order valence-electron chi connectivity index (χ1n) is 6.01. The number of rotatable bonds is 8. The van der Waals surface area contributed by atoms with Crippen LogP contribution in [0.25, 0.3) is 0 Å². The van der Waals surface area contributed by atoms with Crippen molar-refractivity contribution in [3.8, 4) is 0 Å². The molecule has 0 amide bonds. The van der Waals surface area contributed by atoms with Crippen molar-refractivity contribution in [1.29, 1.82) is 0 Å². The van der Waals surface area contributed by atoms with E-state index >= 15 is 0 Å². The van der Waals surface area contributed by atoms with Gasteiger partial charge in [-0.3, -0.25) is 14.5 Å². The summed E-state index contributed by atoms with van der Waals surface area (Å²) in [6, 6.07) is -0.0203. The van der Waals surface area contributed by atoms with Gasteiger partial charge in [0.05, 0.1) is 26.7 Å². The van der Waals surface area contributed by atoms with E-state index in [1.807, 2.05) is 18.7 Å². The van der Waals surface area contributed by atoms with Gasteiger partial charge in [-0.15, -0.1) is 0 Å². The van der Waals surface area contributed by atoms with Crippen molar-refractivity contribution < 1.29 is 19.1 Å². The predicted molar refractivity (Wildman–Crippen MR) is 64.6 cm³/mol. The monoisotopic (exact) mass is 245 g/mol. The van der Waals surface area contributed by atoms with Gasteiger partial charge in [0.15, 0.2) is 0 Å². The van der Waals surface area contributed by atoms with Crippen LogP contribution in [0, 0.1) is 0 Å². The molecule has 0 aliphatic carbocycles. The molecule has 0 radical (unpaired) electrons. The number of methoxy groups -OCH3 is 1. The summed E-state index contributed by atoms with van der Waals surface area (Å²) in [5.41, 5.74) is 0. The van der Waals surface area contributed by atoms with Gasteiger partial charge in [-0.1, -0.05) is 6.92 Å². The Bertz CT molecular complexity index is 243. The van der Waals surface area contributed by atoms with E-state index in [1.165, 1.54) is 7.11 Å². The number of hydrogen-bond acceptors (Lipinski definition) is 5. The zero-order chi connectivity index (χ0) is 13.3. The smallest absolute Gasteiger partial charge is 0.319 e. The Morgan fingerprint density at radius 3 is 2.35 bits per heavy atom. The lowest BCUT2D eigenvalue weighted by Gasteiger charge is -2.26. The Morgan fingerprint density at radius 2 is 1.88 bits per heavy atom. The molecule has 5 heteroatoms. The third-order valence-corrected chi connectivity index (χ3v) is 2.46. The van der Waals surface area contributed by atoms with E-state index in [-0.39, 0.29) is 24.5 Å². The lowest BCUT2D eigenvalue weighted by molar-refractivity contribution is -0.147. The van der Waals surface area contributed by atoms with Crippen molar-refractivity contribution in [3.05, 3.63) is 0 Å². The summed E-state index contributed by atoms with van der Waals surface area (Å²) in [4.78, 5) is 24.5. The molecule has 1 atom stereocenters. The molecule has 5 nitrogen and oxygen atoms in total. The average Bonchev–Trinajstić information content (AvgIpc) is 2.28. The van der Waals surface area contributed by atoms with Crippen LogP contribution in [0.4, 0.5) is 0 Å². The van der Waals surface area contributed by atoms with Gasteiger partial charge in [-0.05, 0) is 26.8 Å². The van der Waals surface area contributed by atoms with Gasteiger partial charge in [-0.25, -0.2) is 0 Å². The maximum Gasteiger partial charge on any atom is 0.319 e. The van der Waals surface area contributed by atoms with Crippen molar-refractivity contribution in [2.45, 2.75) is 39.7 Å². The normalized spacial score (nSPS) is 12.3. The van der Waals surface area contributed by atoms with Crippen LogP contribution in [0.15, 0.2) is 0 Å². The molecule has 0 saturated heterocycles. The molecule has 100 valence electrons. The third-order valence-electron chi connectivity index (χ3n) is 2.46. The van der Waals surface area contributed by atoms with Crippen LogP contribution in [-0.2, 0) is 19.1 Å². The molecule has 0 aromatic heterocycles. The first-order valence-corrected chi connectivity index (χ1v) is 6.01. The number of hydrogen-bond donors (Lipinski definition) is 0. The van der Waals surface area contributed by atoms with Crippen molar-refractivity contribution in [3.63, 3.8) is 0 Å². The zero-order valence-corrected chi connectivity index (χ0v) is 11.2. The maximum absolute atomic E-state index is 11.4. The highest BCUT2D eigenvalue weighted by atomic mass is 16.5. The number of nitrogens with zero attached hydrogens (tertiary/aromatic N) is 1. The molecule has 0 heterocycles. The van der Waals surface area contributed by atoms with Gasteiger partial charge in [0, 0.05) is 6.04 Å². The molecule has 0 spiro atoms. The molecule has 0 aliphatic rings. The van der Waals surface area contributed by atoms with Gasteiger partial charge in [0.2, 0.25) is 0 Å². The van der Waals surface area contributed by atoms with Crippen LogP contribution in [0.3, 0.4) is 0 Å². The number of ether oxygens (including phenoxy) is 2. The highest BCUT2D eigenvalue weighted by molar-refractivity contribution is 5.72. The molecule has 0 aliphatic heterocycles. The number of esters is 2. The Balaban J connectivity index is 4.27. The van der Waals surface area contributed by atoms with Crippen LogP contribution < -0.4 is 0 Å². The minimum absolute atomic E-state index is 0.0203. The minimum Gasteiger partial charge on any atom is -0.468 e. The van der Waals surface area contributed by atoms with Gasteiger partial charge in [0.25, 0.3) is 0 Å². The third kappa shape index (κ3) is 6.94. The van der Waals surface area contributed by atoms with Crippen LogP contribution in [0.2, 0.25) is 0 Å². The van der Waals surface area contributed by atoms with E-state index in [0.717, 1.165) is 13.0 Å². The molecule has 0 aromatic rings. The topological polar surface area (TPSA) is 55.8 Å². The highest BCUT2D eigenvalue weighted by Gasteiger charge is 2.19. The molecule has 0 rings (SSSR count). The Morgan fingerprint density at radius 1 is 1.24 bits per heavy atom. The molecular weight excluding hydrogens is 222 g/mol. The summed E-state index contributed by atoms with van der Waals surface area (Å²) in [6.07, 6.45) is 1.22. The largest absolute Gasteiger partial charge is 0.468 e. The maximum atomic E-state index is 11.4. The van der Waals surface area contributed by atoms with E-state index in [2.05, 4.69) is 4.74 Å².